The highest BCUT2D eigenvalue weighted by Gasteiger charge is 2.41. The Bertz CT molecular complexity index is 922. The largest absolute Gasteiger partial charge is 0.497 e. The first-order valence-corrected chi connectivity index (χ1v) is 12.3. The Hall–Kier alpha value is -2.40. The molecule has 1 aliphatic heterocycles. The molecule has 1 heterocycles. The number of thioether (sulfide) groups is 1. The summed E-state index contributed by atoms with van der Waals surface area (Å²) < 4.78 is 10.8. The molecule has 0 saturated carbocycles. The zero-order valence-corrected chi connectivity index (χ0v) is 20.1. The number of carbonyl (C=O) groups is 1. The smallest absolute Gasteiger partial charge is 0.307 e. The zero-order valence-electron chi connectivity index (χ0n) is 19.3. The number of rotatable bonds is 11. The molecule has 0 fully saturated rings. The normalized spacial score (nSPS) is 20.2. The highest BCUT2D eigenvalue weighted by molar-refractivity contribution is 7.99. The molecule has 2 aromatic rings. The number of benzene rings is 2. The van der Waals surface area contributed by atoms with Crippen LogP contribution in [0.1, 0.15) is 62.5 Å². The topological polar surface area (TPSA) is 55.8 Å². The van der Waals surface area contributed by atoms with E-state index in [1.807, 2.05) is 17.8 Å². The highest BCUT2D eigenvalue weighted by Crippen LogP contribution is 2.52. The lowest BCUT2D eigenvalue weighted by Gasteiger charge is -2.43. The molecule has 0 aliphatic carbocycles. The van der Waals surface area contributed by atoms with Gasteiger partial charge in [-0.15, -0.1) is 11.8 Å². The number of methoxy groups -OCH3 is 2. The Morgan fingerprint density at radius 2 is 1.78 bits per heavy atom. The standard InChI is InChI=1S/C27H34O4S/c1-27(20-12-14-21(30-2)15-13-20)19-32-25-18-22(31-3)16-17-23(25)24(27)10-8-6-4-5-7-9-11-26(28)29/h7,9,12-18,24H,4-6,8,10-11,19H2,1-3H3,(H,28,29). The Balaban J connectivity index is 1.74. The van der Waals surface area contributed by atoms with Crippen molar-refractivity contribution in [3.8, 4) is 11.5 Å². The first-order chi connectivity index (χ1) is 15.5. The van der Waals surface area contributed by atoms with Crippen LogP contribution in [0.3, 0.4) is 0 Å². The molecule has 0 spiro atoms. The van der Waals surface area contributed by atoms with Gasteiger partial charge in [-0.1, -0.05) is 50.1 Å². The molecule has 32 heavy (non-hydrogen) atoms. The van der Waals surface area contributed by atoms with Gasteiger partial charge in [0.25, 0.3) is 0 Å². The maximum atomic E-state index is 10.6. The monoisotopic (exact) mass is 454 g/mol. The van der Waals surface area contributed by atoms with E-state index in [4.69, 9.17) is 14.6 Å². The van der Waals surface area contributed by atoms with Gasteiger partial charge in [0.1, 0.15) is 11.5 Å². The summed E-state index contributed by atoms with van der Waals surface area (Å²) >= 11 is 1.92. The molecule has 1 N–H and O–H groups in total. The van der Waals surface area contributed by atoms with Crippen molar-refractivity contribution in [1.29, 1.82) is 0 Å². The van der Waals surface area contributed by atoms with Crippen molar-refractivity contribution in [3.63, 3.8) is 0 Å². The van der Waals surface area contributed by atoms with Gasteiger partial charge >= 0.3 is 5.97 Å². The molecule has 2 unspecified atom stereocenters. The lowest BCUT2D eigenvalue weighted by atomic mass is 9.68. The van der Waals surface area contributed by atoms with Gasteiger partial charge in [-0.3, -0.25) is 4.79 Å². The van der Waals surface area contributed by atoms with E-state index in [9.17, 15) is 4.79 Å². The minimum Gasteiger partial charge on any atom is -0.497 e. The molecule has 5 heteroatoms. The molecule has 0 bridgehead atoms. The Labute approximate surface area is 196 Å². The van der Waals surface area contributed by atoms with Gasteiger partial charge in [0, 0.05) is 16.1 Å². The predicted octanol–water partition coefficient (Wildman–Crippen LogP) is 6.83. The lowest BCUT2D eigenvalue weighted by molar-refractivity contribution is -0.136. The third kappa shape index (κ3) is 5.89. The number of allylic oxidation sites excluding steroid dienone is 1. The van der Waals surface area contributed by atoms with Crippen molar-refractivity contribution < 1.29 is 19.4 Å². The Morgan fingerprint density at radius 3 is 2.47 bits per heavy atom. The van der Waals surface area contributed by atoms with Crippen molar-refractivity contribution in [3.05, 3.63) is 65.7 Å². The van der Waals surface area contributed by atoms with Crippen molar-refractivity contribution >= 4 is 17.7 Å². The average Bonchev–Trinajstić information content (AvgIpc) is 2.81. The van der Waals surface area contributed by atoms with Crippen molar-refractivity contribution in [1.82, 2.24) is 0 Å². The molecular weight excluding hydrogens is 420 g/mol. The van der Waals surface area contributed by atoms with Crippen LogP contribution in [-0.2, 0) is 10.2 Å². The predicted molar refractivity (Wildman–Crippen MR) is 131 cm³/mol. The summed E-state index contributed by atoms with van der Waals surface area (Å²) in [4.78, 5) is 11.9. The highest BCUT2D eigenvalue weighted by atomic mass is 32.2. The first-order valence-electron chi connectivity index (χ1n) is 11.3. The number of hydrogen-bond acceptors (Lipinski definition) is 4. The van der Waals surface area contributed by atoms with Gasteiger partial charge < -0.3 is 14.6 Å². The van der Waals surface area contributed by atoms with Gasteiger partial charge in [-0.25, -0.2) is 0 Å². The van der Waals surface area contributed by atoms with Crippen LogP contribution >= 0.6 is 11.8 Å². The summed E-state index contributed by atoms with van der Waals surface area (Å²) in [6, 6.07) is 15.1. The summed E-state index contributed by atoms with van der Waals surface area (Å²) in [5.74, 6) is 2.49. The van der Waals surface area contributed by atoms with Crippen LogP contribution in [0.2, 0.25) is 0 Å². The number of fused-ring (bicyclic) bond motifs is 1. The molecule has 0 radical (unpaired) electrons. The number of aliphatic carboxylic acids is 1. The maximum Gasteiger partial charge on any atom is 0.307 e. The second-order valence-corrected chi connectivity index (χ2v) is 9.62. The van der Waals surface area contributed by atoms with E-state index >= 15 is 0 Å². The van der Waals surface area contributed by atoms with Crippen molar-refractivity contribution in [2.24, 2.45) is 0 Å². The first kappa shape index (κ1) is 24.2. The van der Waals surface area contributed by atoms with Crippen LogP contribution in [0.4, 0.5) is 0 Å². The lowest BCUT2D eigenvalue weighted by Crippen LogP contribution is -2.36. The number of hydrogen-bond donors (Lipinski definition) is 1. The van der Waals surface area contributed by atoms with Crippen LogP contribution < -0.4 is 9.47 Å². The van der Waals surface area contributed by atoms with Gasteiger partial charge in [0.05, 0.1) is 20.6 Å². The summed E-state index contributed by atoms with van der Waals surface area (Å²) in [5, 5.41) is 8.72. The van der Waals surface area contributed by atoms with Crippen LogP contribution in [-0.4, -0.2) is 31.0 Å². The number of carboxylic acid groups (broad SMARTS) is 1. The summed E-state index contributed by atoms with van der Waals surface area (Å²) in [6.45, 7) is 2.40. The summed E-state index contributed by atoms with van der Waals surface area (Å²) in [5.41, 5.74) is 2.82. The van der Waals surface area contributed by atoms with E-state index in [1.165, 1.54) is 16.0 Å². The Morgan fingerprint density at radius 1 is 1.06 bits per heavy atom. The zero-order chi connectivity index (χ0) is 23.0. The van der Waals surface area contributed by atoms with E-state index in [-0.39, 0.29) is 11.8 Å². The van der Waals surface area contributed by atoms with E-state index in [0.717, 1.165) is 49.4 Å². The molecule has 2 atom stereocenters. The molecule has 1 aliphatic rings. The van der Waals surface area contributed by atoms with Crippen LogP contribution in [0.15, 0.2) is 59.5 Å². The molecule has 0 amide bonds. The fourth-order valence-electron chi connectivity index (χ4n) is 4.55. The molecule has 0 saturated heterocycles. The van der Waals surface area contributed by atoms with E-state index in [1.54, 1.807) is 20.3 Å². The SMILES string of the molecule is COc1ccc(C2(C)CSc3cc(OC)ccc3C2CCCCCC=CCC(=O)O)cc1. The third-order valence-corrected chi connectivity index (χ3v) is 7.87. The maximum absolute atomic E-state index is 10.6. The van der Waals surface area contributed by atoms with Gasteiger partial charge in [-0.2, -0.15) is 0 Å². The third-order valence-electron chi connectivity index (χ3n) is 6.46. The average molecular weight is 455 g/mol. The van der Waals surface area contributed by atoms with E-state index in [2.05, 4.69) is 49.4 Å². The van der Waals surface area contributed by atoms with Crippen LogP contribution in [0, 0.1) is 0 Å². The second-order valence-electron chi connectivity index (χ2n) is 8.60. The summed E-state index contributed by atoms with van der Waals surface area (Å²) in [6.07, 6.45) is 9.31. The number of unbranched alkanes of at least 4 members (excludes halogenated alkanes) is 3. The quantitative estimate of drug-likeness (QED) is 0.298. The van der Waals surface area contributed by atoms with Crippen LogP contribution in [0.25, 0.3) is 0 Å². The second kappa shape index (κ2) is 11.5. The fourth-order valence-corrected chi connectivity index (χ4v) is 5.95. The minimum absolute atomic E-state index is 0.0416. The molecule has 172 valence electrons. The number of ether oxygens (including phenoxy) is 2. The van der Waals surface area contributed by atoms with E-state index < -0.39 is 5.97 Å². The summed E-state index contributed by atoms with van der Waals surface area (Å²) in [7, 11) is 3.43. The molecule has 3 rings (SSSR count). The van der Waals surface area contributed by atoms with E-state index in [0.29, 0.717) is 5.92 Å². The molecular formula is C27H34O4S. The number of carboxylic acids is 1. The molecule has 2 aromatic carbocycles. The van der Waals surface area contributed by atoms with Gasteiger partial charge in [0.2, 0.25) is 0 Å². The fraction of sp³-hybridized carbons (Fsp3) is 0.444. The van der Waals surface area contributed by atoms with Crippen molar-refractivity contribution in [2.45, 2.75) is 61.7 Å². The van der Waals surface area contributed by atoms with Gasteiger partial charge in [-0.05, 0) is 60.6 Å². The Kier molecular flexibility index (Phi) is 8.68. The van der Waals surface area contributed by atoms with Gasteiger partial charge in [0.15, 0.2) is 0 Å². The van der Waals surface area contributed by atoms with Crippen LogP contribution in [0.5, 0.6) is 11.5 Å². The minimum atomic E-state index is -0.774. The van der Waals surface area contributed by atoms with Crippen molar-refractivity contribution in [2.75, 3.05) is 20.0 Å². The molecule has 4 nitrogen and oxygen atoms in total. The molecule has 0 aromatic heterocycles.